The minimum atomic E-state index is -3.56. The summed E-state index contributed by atoms with van der Waals surface area (Å²) < 4.78 is 25.6. The highest BCUT2D eigenvalue weighted by atomic mass is 79.9. The van der Waals surface area contributed by atoms with Crippen LogP contribution in [0.2, 0.25) is 0 Å². The molecule has 6 heteroatoms. The van der Waals surface area contributed by atoms with E-state index in [2.05, 4.69) is 15.9 Å². The van der Waals surface area contributed by atoms with E-state index >= 15 is 0 Å². The molecule has 92 valence electrons. The van der Waals surface area contributed by atoms with Gasteiger partial charge in [-0.15, -0.1) is 0 Å². The molecule has 0 N–H and O–H groups in total. The van der Waals surface area contributed by atoms with Crippen molar-refractivity contribution in [1.82, 2.24) is 4.31 Å². The topological polar surface area (TPSA) is 61.2 Å². The molecule has 0 aliphatic rings. The third kappa shape index (κ3) is 3.28. The Labute approximate surface area is 110 Å². The highest BCUT2D eigenvalue weighted by molar-refractivity contribution is 9.09. The third-order valence-electron chi connectivity index (χ3n) is 2.30. The van der Waals surface area contributed by atoms with E-state index < -0.39 is 10.0 Å². The van der Waals surface area contributed by atoms with Gasteiger partial charge in [0.05, 0.1) is 10.5 Å². The quantitative estimate of drug-likeness (QED) is 0.780. The summed E-state index contributed by atoms with van der Waals surface area (Å²) in [5.41, 5.74) is 0.179. The molecule has 0 aliphatic heterocycles. The molecule has 0 atom stereocenters. The molecule has 0 saturated heterocycles. The molecule has 0 aromatic heterocycles. The molecule has 0 heterocycles. The van der Waals surface area contributed by atoms with E-state index in [4.69, 9.17) is 5.26 Å². The number of nitriles is 1. The largest absolute Gasteiger partial charge is 0.244 e. The molecule has 0 saturated carbocycles. The van der Waals surface area contributed by atoms with Crippen molar-refractivity contribution in [2.24, 2.45) is 0 Å². The van der Waals surface area contributed by atoms with Crippen LogP contribution in [-0.4, -0.2) is 31.6 Å². The minimum absolute atomic E-state index is 0.0690. The lowest BCUT2D eigenvalue weighted by atomic mass is 10.2. The Morgan fingerprint density at radius 3 is 2.65 bits per heavy atom. The van der Waals surface area contributed by atoms with Crippen molar-refractivity contribution < 1.29 is 8.42 Å². The zero-order valence-electron chi connectivity index (χ0n) is 9.43. The van der Waals surface area contributed by atoms with E-state index in [1.165, 1.54) is 23.5 Å². The van der Waals surface area contributed by atoms with Gasteiger partial charge in [-0.2, -0.15) is 5.26 Å². The van der Waals surface area contributed by atoms with Gasteiger partial charge in [-0.05, 0) is 18.6 Å². The zero-order chi connectivity index (χ0) is 12.9. The fraction of sp³-hybridized carbons (Fsp3) is 0.364. The summed E-state index contributed by atoms with van der Waals surface area (Å²) in [7, 11) is -2.04. The van der Waals surface area contributed by atoms with Crippen LogP contribution >= 0.6 is 15.9 Å². The predicted octanol–water partition coefficient (Wildman–Crippen LogP) is 1.96. The van der Waals surface area contributed by atoms with Crippen molar-refractivity contribution in [2.45, 2.75) is 11.3 Å². The molecule has 1 rings (SSSR count). The second-order valence-electron chi connectivity index (χ2n) is 3.48. The van der Waals surface area contributed by atoms with Gasteiger partial charge in [0.15, 0.2) is 0 Å². The van der Waals surface area contributed by atoms with Gasteiger partial charge in [-0.1, -0.05) is 28.1 Å². The molecule has 0 bridgehead atoms. The summed E-state index contributed by atoms with van der Waals surface area (Å²) in [5, 5.41) is 9.64. The molecule has 4 nitrogen and oxygen atoms in total. The van der Waals surface area contributed by atoms with E-state index in [1.54, 1.807) is 12.1 Å². The van der Waals surface area contributed by atoms with Crippen LogP contribution in [0, 0.1) is 11.3 Å². The van der Waals surface area contributed by atoms with Gasteiger partial charge in [0, 0.05) is 18.9 Å². The van der Waals surface area contributed by atoms with Gasteiger partial charge in [-0.3, -0.25) is 0 Å². The van der Waals surface area contributed by atoms with E-state index in [9.17, 15) is 8.42 Å². The van der Waals surface area contributed by atoms with Gasteiger partial charge >= 0.3 is 0 Å². The number of hydrogen-bond donors (Lipinski definition) is 0. The number of rotatable bonds is 5. The molecule has 0 amide bonds. The first-order valence-electron chi connectivity index (χ1n) is 5.05. The molecule has 0 fully saturated rings. The summed E-state index contributed by atoms with van der Waals surface area (Å²) in [6.07, 6.45) is 0.727. The SMILES string of the molecule is CN(CCCBr)S(=O)(=O)c1ccccc1C#N. The number of hydrogen-bond acceptors (Lipinski definition) is 3. The molecule has 1 aromatic carbocycles. The van der Waals surface area contributed by atoms with Crippen LogP contribution in [0.15, 0.2) is 29.2 Å². The lowest BCUT2D eigenvalue weighted by molar-refractivity contribution is 0.470. The number of benzene rings is 1. The summed E-state index contributed by atoms with van der Waals surface area (Å²) in [6, 6.07) is 8.13. The summed E-state index contributed by atoms with van der Waals surface area (Å²) >= 11 is 3.26. The Bertz CT molecular complexity index is 523. The van der Waals surface area contributed by atoms with Gasteiger partial charge in [-0.25, -0.2) is 12.7 Å². The second kappa shape index (κ2) is 6.15. The molecule has 0 aliphatic carbocycles. The molecule has 1 aromatic rings. The first-order valence-corrected chi connectivity index (χ1v) is 7.61. The zero-order valence-corrected chi connectivity index (χ0v) is 11.8. The minimum Gasteiger partial charge on any atom is -0.207 e. The van der Waals surface area contributed by atoms with Crippen LogP contribution < -0.4 is 0 Å². The van der Waals surface area contributed by atoms with Crippen LogP contribution in [0.1, 0.15) is 12.0 Å². The maximum Gasteiger partial charge on any atom is 0.244 e. The normalized spacial score (nSPS) is 11.4. The van der Waals surface area contributed by atoms with Crippen molar-refractivity contribution in [3.8, 4) is 6.07 Å². The van der Waals surface area contributed by atoms with Crippen molar-refractivity contribution in [3.63, 3.8) is 0 Å². The second-order valence-corrected chi connectivity index (χ2v) is 6.28. The van der Waals surface area contributed by atoms with Crippen molar-refractivity contribution in [1.29, 1.82) is 5.26 Å². The highest BCUT2D eigenvalue weighted by Gasteiger charge is 2.22. The van der Waals surface area contributed by atoms with Gasteiger partial charge in [0.25, 0.3) is 0 Å². The first kappa shape index (κ1) is 14.2. The average molecular weight is 317 g/mol. The highest BCUT2D eigenvalue weighted by Crippen LogP contribution is 2.18. The predicted molar refractivity (Wildman–Crippen MR) is 69.4 cm³/mol. The molecular formula is C11H13BrN2O2S. The lowest BCUT2D eigenvalue weighted by Crippen LogP contribution is -2.28. The first-order chi connectivity index (χ1) is 8.04. The van der Waals surface area contributed by atoms with Crippen LogP contribution in [0.5, 0.6) is 0 Å². The van der Waals surface area contributed by atoms with E-state index in [0.717, 1.165) is 11.8 Å². The number of alkyl halides is 1. The fourth-order valence-corrected chi connectivity index (χ4v) is 2.95. The van der Waals surface area contributed by atoms with Crippen LogP contribution in [-0.2, 0) is 10.0 Å². The molecule has 0 spiro atoms. The monoisotopic (exact) mass is 316 g/mol. The fourth-order valence-electron chi connectivity index (χ4n) is 1.35. The Hall–Kier alpha value is -0.900. The maximum atomic E-state index is 12.2. The van der Waals surface area contributed by atoms with E-state index in [0.29, 0.717) is 6.54 Å². The van der Waals surface area contributed by atoms with Crippen molar-refractivity contribution >= 4 is 26.0 Å². The molecule has 17 heavy (non-hydrogen) atoms. The standard InChI is InChI=1S/C11H13BrN2O2S/c1-14(8-4-7-12)17(15,16)11-6-3-2-5-10(11)9-13/h2-3,5-6H,4,7-8H2,1H3. The molecule has 0 radical (unpaired) electrons. The van der Waals surface area contributed by atoms with Crippen LogP contribution in [0.25, 0.3) is 0 Å². The van der Waals surface area contributed by atoms with Crippen molar-refractivity contribution in [3.05, 3.63) is 29.8 Å². The number of nitrogens with zero attached hydrogens (tertiary/aromatic N) is 2. The van der Waals surface area contributed by atoms with Gasteiger partial charge < -0.3 is 0 Å². The molecular weight excluding hydrogens is 304 g/mol. The summed E-state index contributed by atoms with van der Waals surface area (Å²) in [4.78, 5) is 0.0690. The number of halogens is 1. The lowest BCUT2D eigenvalue weighted by Gasteiger charge is -2.17. The Morgan fingerprint density at radius 2 is 2.06 bits per heavy atom. The van der Waals surface area contributed by atoms with Crippen molar-refractivity contribution in [2.75, 3.05) is 18.9 Å². The average Bonchev–Trinajstić information content (AvgIpc) is 2.35. The smallest absolute Gasteiger partial charge is 0.207 e. The molecule has 0 unspecified atom stereocenters. The van der Waals surface area contributed by atoms with E-state index in [1.807, 2.05) is 6.07 Å². The van der Waals surface area contributed by atoms with Gasteiger partial charge in [0.2, 0.25) is 10.0 Å². The Balaban J connectivity index is 3.10. The summed E-state index contributed by atoms with van der Waals surface area (Å²) in [6.45, 7) is 0.424. The third-order valence-corrected chi connectivity index (χ3v) is 4.78. The van der Waals surface area contributed by atoms with E-state index in [-0.39, 0.29) is 10.5 Å². The van der Waals surface area contributed by atoms with Gasteiger partial charge in [0.1, 0.15) is 6.07 Å². The Morgan fingerprint density at radius 1 is 1.41 bits per heavy atom. The summed E-state index contributed by atoms with van der Waals surface area (Å²) in [5.74, 6) is 0. The number of sulfonamides is 1. The van der Waals surface area contributed by atoms with Crippen LogP contribution in [0.4, 0.5) is 0 Å². The Kier molecular flexibility index (Phi) is 5.12. The van der Waals surface area contributed by atoms with Crippen LogP contribution in [0.3, 0.4) is 0 Å². The maximum absolute atomic E-state index is 12.2.